The maximum Gasteiger partial charge on any atom is 0.389 e. The minimum atomic E-state index is -2.07. The van der Waals surface area contributed by atoms with E-state index in [1.165, 1.54) is 0 Å². The van der Waals surface area contributed by atoms with E-state index >= 15 is 0 Å². The van der Waals surface area contributed by atoms with Crippen LogP contribution >= 0.6 is 16.5 Å². The molecule has 59 heavy (non-hydrogen) atoms. The standard InChI is InChI=1S/C45H58O10P2.2CH4/c1-42(2,3)34-21-26(46-13)17-30-31-18-27(47-14)22-35(43(4,5)6)39(31)53-56(52-38(30)34)50-25-51-57-54-40-32(19-28(48-15)23-36(40)44(7,8)9)33-20-29(49-16)24-37(41(33)55-57)45(10,11)12;;/h17-24H,25H2,1-16H3;2*1H4. The zero-order chi connectivity index (χ0) is 41.8. The van der Waals surface area contributed by atoms with E-state index in [1.807, 2.05) is 48.5 Å². The first-order valence-corrected chi connectivity index (χ1v) is 21.2. The van der Waals surface area contributed by atoms with Gasteiger partial charge in [0, 0.05) is 43.8 Å². The predicted octanol–water partition coefficient (Wildman–Crippen LogP) is 14.9. The molecule has 0 bridgehead atoms. The van der Waals surface area contributed by atoms with Crippen molar-refractivity contribution in [3.05, 3.63) is 70.8 Å². The summed E-state index contributed by atoms with van der Waals surface area (Å²) in [7, 11) is 2.53. The van der Waals surface area contributed by atoms with Crippen molar-refractivity contribution >= 4 is 60.4 Å². The van der Waals surface area contributed by atoms with E-state index in [9.17, 15) is 0 Å². The summed E-state index contributed by atoms with van der Waals surface area (Å²) in [4.78, 5) is 0. The average Bonchev–Trinajstić information content (AvgIpc) is 3.38. The third-order valence-corrected chi connectivity index (χ3v) is 11.9. The van der Waals surface area contributed by atoms with Crippen molar-refractivity contribution in [2.45, 2.75) is 120 Å². The van der Waals surface area contributed by atoms with Crippen LogP contribution in [0.4, 0.5) is 0 Å². The Kier molecular flexibility index (Phi) is 14.0. The van der Waals surface area contributed by atoms with Crippen molar-refractivity contribution < 1.29 is 44.8 Å². The van der Waals surface area contributed by atoms with Crippen LogP contribution in [0.3, 0.4) is 0 Å². The third-order valence-electron chi connectivity index (χ3n) is 9.98. The minimum Gasteiger partial charge on any atom is -0.497 e. The van der Waals surface area contributed by atoms with Gasteiger partial charge >= 0.3 is 16.5 Å². The maximum atomic E-state index is 6.78. The van der Waals surface area contributed by atoms with Gasteiger partial charge in [-0.15, -0.1) is 0 Å². The van der Waals surface area contributed by atoms with Gasteiger partial charge in [-0.05, 0) is 70.2 Å². The molecule has 2 heterocycles. The van der Waals surface area contributed by atoms with Gasteiger partial charge in [-0.25, -0.2) is 9.05 Å². The van der Waals surface area contributed by atoms with E-state index in [2.05, 4.69) is 83.1 Å². The molecule has 0 spiro atoms. The Bertz CT molecular complexity index is 2190. The molecule has 0 N–H and O–H groups in total. The van der Waals surface area contributed by atoms with Crippen LogP contribution in [0.5, 0.6) is 23.0 Å². The van der Waals surface area contributed by atoms with Crippen LogP contribution in [0.15, 0.2) is 65.3 Å². The first-order valence-electron chi connectivity index (χ1n) is 19.1. The van der Waals surface area contributed by atoms with Crippen molar-refractivity contribution in [3.8, 4) is 23.0 Å². The number of rotatable bonds is 8. The number of hydrogen-bond acceptors (Lipinski definition) is 10. The summed E-state index contributed by atoms with van der Waals surface area (Å²) in [5.74, 6) is 2.81. The number of methoxy groups -OCH3 is 4. The van der Waals surface area contributed by atoms with E-state index < -0.39 is 16.5 Å². The molecule has 4 aromatic carbocycles. The molecule has 12 heteroatoms. The second-order valence-electron chi connectivity index (χ2n) is 18.4. The minimum absolute atomic E-state index is 0. The molecule has 0 aliphatic heterocycles. The van der Waals surface area contributed by atoms with Gasteiger partial charge in [-0.1, -0.05) is 97.9 Å². The van der Waals surface area contributed by atoms with Crippen molar-refractivity contribution in [2.24, 2.45) is 0 Å². The molecular weight excluding hydrogens is 786 g/mol. The van der Waals surface area contributed by atoms with E-state index in [0.717, 1.165) is 43.8 Å². The van der Waals surface area contributed by atoms with Gasteiger partial charge in [0.1, 0.15) is 45.3 Å². The Morgan fingerprint density at radius 1 is 0.373 bits per heavy atom. The summed E-state index contributed by atoms with van der Waals surface area (Å²) in [5, 5.41) is 3.26. The molecule has 6 aromatic rings. The van der Waals surface area contributed by atoms with E-state index in [1.54, 1.807) is 28.4 Å². The largest absolute Gasteiger partial charge is 0.497 e. The second-order valence-corrected chi connectivity index (χ2v) is 20.5. The molecule has 324 valence electrons. The fourth-order valence-corrected chi connectivity index (χ4v) is 8.88. The van der Waals surface area contributed by atoms with E-state index in [-0.39, 0.29) is 43.3 Å². The monoisotopic (exact) mass is 852 g/mol. The zero-order valence-corrected chi connectivity index (χ0v) is 38.1. The lowest BCUT2D eigenvalue weighted by atomic mass is 9.84. The van der Waals surface area contributed by atoms with Crippen molar-refractivity contribution in [1.82, 2.24) is 0 Å². The number of ether oxygens (including phenoxy) is 4. The van der Waals surface area contributed by atoms with Crippen LogP contribution in [0.1, 0.15) is 120 Å². The fourth-order valence-electron chi connectivity index (χ4n) is 6.85. The molecule has 10 nitrogen and oxygen atoms in total. The van der Waals surface area contributed by atoms with Gasteiger partial charge in [0.15, 0.2) is 6.79 Å². The molecule has 0 aliphatic carbocycles. The number of fused-ring (bicyclic) bond motifs is 6. The van der Waals surface area contributed by atoms with Crippen molar-refractivity contribution in [2.75, 3.05) is 35.2 Å². The first kappa shape index (κ1) is 47.5. The smallest absolute Gasteiger partial charge is 0.389 e. The molecular formula is C47H66O10P2. The fraction of sp³-hybridized carbons (Fsp3) is 0.489. The summed E-state index contributed by atoms with van der Waals surface area (Å²) < 4.78 is 63.3. The van der Waals surface area contributed by atoms with Crippen LogP contribution in [-0.4, -0.2) is 35.2 Å². The lowest BCUT2D eigenvalue weighted by Crippen LogP contribution is -2.12. The summed E-state index contributed by atoms with van der Waals surface area (Å²) in [5.41, 5.74) is 5.05. The lowest BCUT2D eigenvalue weighted by molar-refractivity contribution is 0.195. The Hall–Kier alpha value is -4.20. The Labute approximate surface area is 352 Å². The summed E-state index contributed by atoms with van der Waals surface area (Å²) in [6.07, 6.45) is 0. The average molecular weight is 853 g/mol. The van der Waals surface area contributed by atoms with E-state index in [0.29, 0.717) is 45.3 Å². The molecule has 0 radical (unpaired) electrons. The van der Waals surface area contributed by atoms with Crippen LogP contribution in [0.2, 0.25) is 0 Å². The quantitative estimate of drug-likeness (QED) is 0.137. The Morgan fingerprint density at radius 2 is 0.576 bits per heavy atom. The summed E-state index contributed by atoms with van der Waals surface area (Å²) >= 11 is 0. The highest BCUT2D eigenvalue weighted by molar-refractivity contribution is 7.32. The Morgan fingerprint density at radius 3 is 0.746 bits per heavy atom. The van der Waals surface area contributed by atoms with Crippen LogP contribution in [-0.2, 0) is 21.7 Å². The Balaban J connectivity index is 0.00000384. The molecule has 0 unspecified atom stereocenters. The van der Waals surface area contributed by atoms with Gasteiger partial charge in [-0.3, -0.25) is 0 Å². The molecule has 0 aliphatic rings. The van der Waals surface area contributed by atoms with Crippen LogP contribution in [0.25, 0.3) is 43.9 Å². The van der Waals surface area contributed by atoms with Crippen LogP contribution in [0, 0.1) is 0 Å². The number of hydrogen-bond donors (Lipinski definition) is 0. The molecule has 0 saturated carbocycles. The van der Waals surface area contributed by atoms with Gasteiger partial charge in [-0.2, -0.15) is 0 Å². The zero-order valence-electron chi connectivity index (χ0n) is 36.3. The molecule has 0 amide bonds. The van der Waals surface area contributed by atoms with Gasteiger partial charge in [0.2, 0.25) is 0 Å². The highest BCUT2D eigenvalue weighted by atomic mass is 31.1. The molecule has 0 saturated heterocycles. The highest BCUT2D eigenvalue weighted by Gasteiger charge is 2.28. The molecule has 6 rings (SSSR count). The third kappa shape index (κ3) is 9.73. The van der Waals surface area contributed by atoms with Gasteiger partial charge in [0.25, 0.3) is 0 Å². The predicted molar refractivity (Wildman–Crippen MR) is 245 cm³/mol. The molecule has 0 fully saturated rings. The maximum absolute atomic E-state index is 6.78. The SMILES string of the molecule is C.C.COc1cc(C(C)(C)C)c2op(OCOp3oc4c(C(C)(C)C)cc(OC)cc4c4cc(OC)cc(C(C)(C)C)c4o3)oc3c(C(C)(C)C)cc(OC)cc3c2c1. The first-order chi connectivity index (χ1) is 26.6. The van der Waals surface area contributed by atoms with Crippen LogP contribution < -0.4 is 28.0 Å². The molecule has 2 aromatic heterocycles. The van der Waals surface area contributed by atoms with Crippen molar-refractivity contribution in [3.63, 3.8) is 0 Å². The van der Waals surface area contributed by atoms with Crippen molar-refractivity contribution in [1.29, 1.82) is 0 Å². The second kappa shape index (κ2) is 17.4. The van der Waals surface area contributed by atoms with Gasteiger partial charge < -0.3 is 35.7 Å². The molecule has 0 atom stereocenters. The van der Waals surface area contributed by atoms with E-state index in [4.69, 9.17) is 44.8 Å². The summed E-state index contributed by atoms with van der Waals surface area (Å²) in [6, 6.07) is 15.9. The van der Waals surface area contributed by atoms with Gasteiger partial charge in [0.05, 0.1) is 28.4 Å². The lowest BCUT2D eigenvalue weighted by Gasteiger charge is -2.21. The normalized spacial score (nSPS) is 12.3. The summed E-state index contributed by atoms with van der Waals surface area (Å²) in [6.45, 7) is 25.4. The highest BCUT2D eigenvalue weighted by Crippen LogP contribution is 2.47. The number of benzene rings is 4. The topological polar surface area (TPSA) is 108 Å².